The number of rotatable bonds is 3. The minimum Gasteiger partial charge on any atom is -0.496 e. The quantitative estimate of drug-likeness (QED) is 0.776. The standard InChI is InChI=1S/C19H28NO3P/c1-19(2,3)16-8-5-14(13-17(16)23-4)18(21)20-9-11-24(22,12-10-20)15-6-7-15/h5,8,13,15H,6-7,9-12H2,1-4H3. The van der Waals surface area contributed by atoms with Gasteiger partial charge in [0.15, 0.2) is 0 Å². The summed E-state index contributed by atoms with van der Waals surface area (Å²) in [6.45, 7) is 7.64. The first-order valence-corrected chi connectivity index (χ1v) is 10.9. The van der Waals surface area contributed by atoms with Gasteiger partial charge in [-0.1, -0.05) is 26.8 Å². The van der Waals surface area contributed by atoms with Gasteiger partial charge in [-0.2, -0.15) is 0 Å². The first-order chi connectivity index (χ1) is 11.2. The van der Waals surface area contributed by atoms with Crippen molar-refractivity contribution in [2.45, 2.75) is 44.7 Å². The number of amides is 1. The highest BCUT2D eigenvalue weighted by Gasteiger charge is 2.43. The minimum atomic E-state index is -2.01. The van der Waals surface area contributed by atoms with Crippen molar-refractivity contribution in [1.29, 1.82) is 0 Å². The first-order valence-electron chi connectivity index (χ1n) is 8.80. The average molecular weight is 349 g/mol. The molecule has 2 fully saturated rings. The largest absolute Gasteiger partial charge is 0.496 e. The van der Waals surface area contributed by atoms with Gasteiger partial charge >= 0.3 is 0 Å². The predicted molar refractivity (Wildman–Crippen MR) is 98.0 cm³/mol. The van der Waals surface area contributed by atoms with Crippen LogP contribution in [-0.4, -0.2) is 49.0 Å². The second-order valence-electron chi connectivity index (χ2n) is 8.09. The minimum absolute atomic E-state index is 0.0239. The van der Waals surface area contributed by atoms with Crippen LogP contribution in [0.1, 0.15) is 49.5 Å². The summed E-state index contributed by atoms with van der Waals surface area (Å²) in [6.07, 6.45) is 3.63. The Labute approximate surface area is 144 Å². The number of carbonyl (C=O) groups is 1. The molecule has 1 aromatic rings. The van der Waals surface area contributed by atoms with Crippen LogP contribution in [0.3, 0.4) is 0 Å². The fraction of sp³-hybridized carbons (Fsp3) is 0.632. The number of hydrogen-bond donors (Lipinski definition) is 0. The molecule has 1 amide bonds. The molecule has 1 heterocycles. The molecule has 0 unspecified atom stereocenters. The molecule has 1 aromatic carbocycles. The van der Waals surface area contributed by atoms with Gasteiger partial charge in [-0.15, -0.1) is 0 Å². The van der Waals surface area contributed by atoms with Gasteiger partial charge in [0.05, 0.1) is 14.3 Å². The van der Waals surface area contributed by atoms with Crippen LogP contribution in [-0.2, 0) is 9.98 Å². The smallest absolute Gasteiger partial charge is 0.254 e. The summed E-state index contributed by atoms with van der Waals surface area (Å²) < 4.78 is 18.3. The van der Waals surface area contributed by atoms with E-state index in [0.29, 0.717) is 36.6 Å². The maximum absolute atomic E-state index is 12.8. The van der Waals surface area contributed by atoms with Crippen LogP contribution in [0.15, 0.2) is 18.2 Å². The normalized spacial score (nSPS) is 20.8. The van der Waals surface area contributed by atoms with E-state index in [0.717, 1.165) is 24.2 Å². The lowest BCUT2D eigenvalue weighted by molar-refractivity contribution is 0.0769. The molecule has 1 aliphatic carbocycles. The molecule has 0 bridgehead atoms. The maximum atomic E-state index is 12.8. The highest BCUT2D eigenvalue weighted by Crippen LogP contribution is 2.61. The first kappa shape index (κ1) is 17.5. The van der Waals surface area contributed by atoms with E-state index in [4.69, 9.17) is 4.74 Å². The van der Waals surface area contributed by atoms with Crippen LogP contribution in [0.5, 0.6) is 5.75 Å². The zero-order valence-corrected chi connectivity index (χ0v) is 16.1. The second-order valence-corrected chi connectivity index (χ2v) is 11.6. The molecule has 5 heteroatoms. The zero-order valence-electron chi connectivity index (χ0n) is 15.2. The van der Waals surface area contributed by atoms with Gasteiger partial charge in [0.1, 0.15) is 5.75 Å². The van der Waals surface area contributed by atoms with E-state index in [1.165, 1.54) is 0 Å². The molecule has 0 spiro atoms. The SMILES string of the molecule is COc1cc(C(=O)N2CCP(=O)(C3CC3)CC2)ccc1C(C)(C)C. The fourth-order valence-corrected chi connectivity index (χ4v) is 6.75. The molecule has 0 radical (unpaired) electrons. The van der Waals surface area contributed by atoms with Crippen LogP contribution in [0.4, 0.5) is 0 Å². The lowest BCUT2D eigenvalue weighted by Gasteiger charge is -2.32. The molecular weight excluding hydrogens is 321 g/mol. The molecule has 0 N–H and O–H groups in total. The number of nitrogens with zero attached hydrogens (tertiary/aromatic N) is 1. The highest BCUT2D eigenvalue weighted by molar-refractivity contribution is 7.65. The predicted octanol–water partition coefficient (Wildman–Crippen LogP) is 3.97. The van der Waals surface area contributed by atoms with Crippen molar-refractivity contribution in [3.05, 3.63) is 29.3 Å². The van der Waals surface area contributed by atoms with Crippen LogP contribution in [0.25, 0.3) is 0 Å². The summed E-state index contributed by atoms with van der Waals surface area (Å²) in [5, 5.41) is 0. The number of ether oxygens (including phenoxy) is 1. The van der Waals surface area contributed by atoms with Gasteiger partial charge in [-0.05, 0) is 36.0 Å². The second kappa shape index (κ2) is 6.22. The molecule has 132 valence electrons. The van der Waals surface area contributed by atoms with Crippen molar-refractivity contribution in [2.75, 3.05) is 32.5 Å². The molecule has 3 rings (SSSR count). The van der Waals surface area contributed by atoms with Crippen molar-refractivity contribution in [3.8, 4) is 5.75 Å². The molecule has 1 aliphatic heterocycles. The Kier molecular flexibility index (Phi) is 4.55. The molecule has 0 aromatic heterocycles. The van der Waals surface area contributed by atoms with E-state index in [1.54, 1.807) is 7.11 Å². The van der Waals surface area contributed by atoms with Crippen molar-refractivity contribution in [1.82, 2.24) is 4.90 Å². The Morgan fingerprint density at radius 3 is 2.33 bits per heavy atom. The highest BCUT2D eigenvalue weighted by atomic mass is 31.2. The van der Waals surface area contributed by atoms with Crippen LogP contribution >= 0.6 is 7.14 Å². The Balaban J connectivity index is 1.75. The van der Waals surface area contributed by atoms with Crippen molar-refractivity contribution >= 4 is 13.0 Å². The van der Waals surface area contributed by atoms with E-state index in [-0.39, 0.29) is 11.3 Å². The van der Waals surface area contributed by atoms with Crippen molar-refractivity contribution in [3.63, 3.8) is 0 Å². The van der Waals surface area contributed by atoms with Crippen LogP contribution in [0.2, 0.25) is 0 Å². The van der Waals surface area contributed by atoms with E-state index in [2.05, 4.69) is 20.8 Å². The number of hydrogen-bond acceptors (Lipinski definition) is 3. The van der Waals surface area contributed by atoms with E-state index >= 15 is 0 Å². The number of methoxy groups -OCH3 is 1. The Morgan fingerprint density at radius 2 is 1.83 bits per heavy atom. The molecule has 1 saturated carbocycles. The monoisotopic (exact) mass is 349 g/mol. The molecule has 24 heavy (non-hydrogen) atoms. The van der Waals surface area contributed by atoms with E-state index in [9.17, 15) is 9.36 Å². The van der Waals surface area contributed by atoms with Crippen molar-refractivity contribution in [2.24, 2.45) is 0 Å². The number of carbonyl (C=O) groups excluding carboxylic acids is 1. The van der Waals surface area contributed by atoms with Gasteiger partial charge in [0, 0.05) is 36.6 Å². The van der Waals surface area contributed by atoms with Crippen LogP contribution in [0, 0.1) is 0 Å². The van der Waals surface area contributed by atoms with Gasteiger partial charge in [0.2, 0.25) is 0 Å². The lowest BCUT2D eigenvalue weighted by atomic mass is 9.85. The third-order valence-corrected chi connectivity index (χ3v) is 9.01. The summed E-state index contributed by atoms with van der Waals surface area (Å²) in [5.74, 6) is 0.782. The number of benzene rings is 1. The van der Waals surface area contributed by atoms with Gasteiger partial charge < -0.3 is 14.2 Å². The zero-order chi connectivity index (χ0) is 17.5. The third-order valence-electron chi connectivity index (χ3n) is 5.25. The van der Waals surface area contributed by atoms with Gasteiger partial charge in [-0.3, -0.25) is 4.79 Å². The summed E-state index contributed by atoms with van der Waals surface area (Å²) in [7, 11) is -0.362. The summed E-state index contributed by atoms with van der Waals surface area (Å²) in [5.41, 5.74) is 2.18. The van der Waals surface area contributed by atoms with Crippen molar-refractivity contribution < 1.29 is 14.1 Å². The molecule has 2 aliphatic rings. The van der Waals surface area contributed by atoms with Gasteiger partial charge in [-0.25, -0.2) is 0 Å². The van der Waals surface area contributed by atoms with E-state index in [1.807, 2.05) is 23.1 Å². The molecular formula is C19H28NO3P. The third kappa shape index (κ3) is 3.39. The Hall–Kier alpha value is -1.28. The van der Waals surface area contributed by atoms with E-state index < -0.39 is 7.14 Å². The lowest BCUT2D eigenvalue weighted by Crippen LogP contribution is -2.40. The molecule has 4 nitrogen and oxygen atoms in total. The molecule has 1 saturated heterocycles. The molecule has 0 atom stereocenters. The fourth-order valence-electron chi connectivity index (χ4n) is 3.54. The summed E-state index contributed by atoms with van der Waals surface area (Å²) in [4.78, 5) is 14.7. The topological polar surface area (TPSA) is 46.6 Å². The van der Waals surface area contributed by atoms with Crippen LogP contribution < -0.4 is 4.74 Å². The maximum Gasteiger partial charge on any atom is 0.254 e. The summed E-state index contributed by atoms with van der Waals surface area (Å²) in [6, 6.07) is 5.73. The summed E-state index contributed by atoms with van der Waals surface area (Å²) >= 11 is 0. The van der Waals surface area contributed by atoms with Gasteiger partial charge in [0.25, 0.3) is 5.91 Å². The Morgan fingerprint density at radius 1 is 1.21 bits per heavy atom. The Bertz CT molecular complexity index is 676. The average Bonchev–Trinajstić information content (AvgIpc) is 3.39.